The summed E-state index contributed by atoms with van der Waals surface area (Å²) in [5.41, 5.74) is 1.53. The number of aromatic nitrogens is 1. The quantitative estimate of drug-likeness (QED) is 0.718. The number of likely N-dealkylation sites (tertiary alicyclic amines) is 1. The number of piperidine rings is 1. The Morgan fingerprint density at radius 2 is 1.76 bits per heavy atom. The second kappa shape index (κ2) is 7.22. The first-order valence-corrected chi connectivity index (χ1v) is 11.9. The smallest absolute Gasteiger partial charge is 0.399 e. The Morgan fingerprint density at radius 1 is 1.03 bits per heavy atom. The Balaban J connectivity index is 1.33. The largest absolute Gasteiger partial charge is 0.494 e. The van der Waals surface area contributed by atoms with E-state index in [-0.39, 0.29) is 18.3 Å². The van der Waals surface area contributed by atoms with E-state index in [0.717, 1.165) is 29.2 Å². The Hall–Kier alpha value is -1.15. The Bertz CT molecular complexity index is 877. The minimum absolute atomic E-state index is 0.315. The van der Waals surface area contributed by atoms with Gasteiger partial charge < -0.3 is 14.2 Å². The fourth-order valence-electron chi connectivity index (χ4n) is 4.69. The van der Waals surface area contributed by atoms with Crippen LogP contribution >= 0.6 is 11.3 Å². The standard InChI is InChI=1S/C22H32BN3O2S/c1-21(2)22(3,4)28-23(27-21)16-8-9-18-19(14-16)29-20(24-18)26-13-10-17(15-26)25-11-6-5-7-12-25/h8-9,14,17H,5-7,10-13,15H2,1-4H3. The minimum atomic E-state index is -0.315. The fraction of sp³-hybridized carbons (Fsp3) is 0.682. The number of thiazole rings is 1. The summed E-state index contributed by atoms with van der Waals surface area (Å²) in [5.74, 6) is 0. The van der Waals surface area contributed by atoms with Gasteiger partial charge in [-0.15, -0.1) is 0 Å². The summed E-state index contributed by atoms with van der Waals surface area (Å²) in [6, 6.07) is 7.13. The van der Waals surface area contributed by atoms with Gasteiger partial charge in [0.05, 0.1) is 21.4 Å². The highest BCUT2D eigenvalue weighted by Crippen LogP contribution is 2.37. The average Bonchev–Trinajstić information content (AvgIpc) is 3.38. The zero-order chi connectivity index (χ0) is 20.2. The van der Waals surface area contributed by atoms with Gasteiger partial charge in [0.1, 0.15) is 0 Å². The highest BCUT2D eigenvalue weighted by molar-refractivity contribution is 7.22. The van der Waals surface area contributed by atoms with Gasteiger partial charge in [-0.2, -0.15) is 0 Å². The van der Waals surface area contributed by atoms with E-state index >= 15 is 0 Å². The summed E-state index contributed by atoms with van der Waals surface area (Å²) >= 11 is 1.80. The highest BCUT2D eigenvalue weighted by Gasteiger charge is 2.51. The Labute approximate surface area is 178 Å². The molecular formula is C22H32BN3O2S. The molecule has 0 N–H and O–H groups in total. The third-order valence-electron chi connectivity index (χ3n) is 7.27. The van der Waals surface area contributed by atoms with Gasteiger partial charge in [-0.3, -0.25) is 4.90 Å². The molecule has 0 radical (unpaired) electrons. The van der Waals surface area contributed by atoms with Crippen molar-refractivity contribution in [3.63, 3.8) is 0 Å². The summed E-state index contributed by atoms with van der Waals surface area (Å²) in [4.78, 5) is 10.1. The molecule has 5 nitrogen and oxygen atoms in total. The van der Waals surface area contributed by atoms with Gasteiger partial charge in [-0.05, 0) is 77.6 Å². The highest BCUT2D eigenvalue weighted by atomic mass is 32.1. The van der Waals surface area contributed by atoms with Crippen molar-refractivity contribution in [1.82, 2.24) is 9.88 Å². The predicted octanol–water partition coefficient (Wildman–Crippen LogP) is 3.66. The number of anilines is 1. The van der Waals surface area contributed by atoms with Crippen LogP contribution in [0.5, 0.6) is 0 Å². The second-order valence-corrected chi connectivity index (χ2v) is 10.8. The molecule has 3 saturated heterocycles. The van der Waals surface area contributed by atoms with Crippen molar-refractivity contribution in [2.24, 2.45) is 0 Å². The van der Waals surface area contributed by atoms with E-state index in [0.29, 0.717) is 6.04 Å². The number of hydrogen-bond donors (Lipinski definition) is 0. The summed E-state index contributed by atoms with van der Waals surface area (Å²) in [7, 11) is -0.315. The molecule has 1 aromatic carbocycles. The van der Waals surface area contributed by atoms with Crippen LogP contribution in [-0.4, -0.2) is 60.4 Å². The number of benzene rings is 1. The van der Waals surface area contributed by atoms with Crippen LogP contribution in [0, 0.1) is 0 Å². The van der Waals surface area contributed by atoms with Gasteiger partial charge in [-0.25, -0.2) is 4.98 Å². The number of fused-ring (bicyclic) bond motifs is 1. The Morgan fingerprint density at radius 3 is 2.48 bits per heavy atom. The van der Waals surface area contributed by atoms with E-state index < -0.39 is 0 Å². The predicted molar refractivity (Wildman–Crippen MR) is 121 cm³/mol. The van der Waals surface area contributed by atoms with E-state index in [9.17, 15) is 0 Å². The van der Waals surface area contributed by atoms with Crippen LogP contribution in [0.15, 0.2) is 18.2 Å². The first-order valence-electron chi connectivity index (χ1n) is 11.1. The minimum Gasteiger partial charge on any atom is -0.399 e. The Kier molecular flexibility index (Phi) is 4.93. The average molecular weight is 413 g/mol. The van der Waals surface area contributed by atoms with Gasteiger partial charge in [-0.1, -0.05) is 23.8 Å². The van der Waals surface area contributed by atoms with E-state index in [1.54, 1.807) is 11.3 Å². The zero-order valence-electron chi connectivity index (χ0n) is 18.1. The monoisotopic (exact) mass is 413 g/mol. The summed E-state index contributed by atoms with van der Waals surface area (Å²) in [6.07, 6.45) is 5.38. The van der Waals surface area contributed by atoms with Crippen LogP contribution in [0.25, 0.3) is 10.2 Å². The van der Waals surface area contributed by atoms with Crippen molar-refractivity contribution in [1.29, 1.82) is 0 Å². The molecule has 29 heavy (non-hydrogen) atoms. The van der Waals surface area contributed by atoms with E-state index in [1.807, 2.05) is 0 Å². The van der Waals surface area contributed by atoms with Crippen LogP contribution in [-0.2, 0) is 9.31 Å². The number of hydrogen-bond acceptors (Lipinski definition) is 6. The normalized spacial score (nSPS) is 27.2. The molecule has 7 heteroatoms. The molecular weight excluding hydrogens is 381 g/mol. The lowest BCUT2D eigenvalue weighted by Gasteiger charge is -2.32. The van der Waals surface area contributed by atoms with Crippen LogP contribution in [0.3, 0.4) is 0 Å². The van der Waals surface area contributed by atoms with Crippen molar-refractivity contribution in [2.75, 3.05) is 31.1 Å². The van der Waals surface area contributed by atoms with Crippen LogP contribution in [0.2, 0.25) is 0 Å². The van der Waals surface area contributed by atoms with Crippen molar-refractivity contribution in [3.8, 4) is 0 Å². The lowest BCUT2D eigenvalue weighted by molar-refractivity contribution is 0.00578. The third-order valence-corrected chi connectivity index (χ3v) is 8.35. The maximum absolute atomic E-state index is 6.23. The van der Waals surface area contributed by atoms with Gasteiger partial charge in [0, 0.05) is 19.1 Å². The van der Waals surface area contributed by atoms with Crippen LogP contribution in [0.1, 0.15) is 53.4 Å². The van der Waals surface area contributed by atoms with Crippen molar-refractivity contribution in [2.45, 2.75) is 70.6 Å². The number of rotatable bonds is 3. The van der Waals surface area contributed by atoms with E-state index in [2.05, 4.69) is 55.7 Å². The molecule has 0 bridgehead atoms. The molecule has 5 rings (SSSR count). The van der Waals surface area contributed by atoms with Crippen molar-refractivity contribution in [3.05, 3.63) is 18.2 Å². The SMILES string of the molecule is CC1(C)OB(c2ccc3nc(N4CCC(N5CCCCC5)C4)sc3c2)OC1(C)C. The first-order chi connectivity index (χ1) is 13.8. The van der Waals surface area contributed by atoms with Crippen molar-refractivity contribution < 1.29 is 9.31 Å². The topological polar surface area (TPSA) is 37.8 Å². The molecule has 1 unspecified atom stereocenters. The van der Waals surface area contributed by atoms with Gasteiger partial charge >= 0.3 is 7.12 Å². The molecule has 1 atom stereocenters. The van der Waals surface area contributed by atoms with Crippen LogP contribution in [0.4, 0.5) is 5.13 Å². The molecule has 0 aliphatic carbocycles. The molecule has 4 heterocycles. The number of nitrogens with zero attached hydrogens (tertiary/aromatic N) is 3. The summed E-state index contributed by atoms with van der Waals surface area (Å²) < 4.78 is 13.7. The third kappa shape index (κ3) is 3.60. The van der Waals surface area contributed by atoms with Crippen LogP contribution < -0.4 is 10.4 Å². The lowest BCUT2D eigenvalue weighted by Crippen LogP contribution is -2.41. The van der Waals surface area contributed by atoms with E-state index in [4.69, 9.17) is 14.3 Å². The second-order valence-electron chi connectivity index (χ2n) is 9.80. The molecule has 0 amide bonds. The van der Waals surface area contributed by atoms with Gasteiger partial charge in [0.15, 0.2) is 5.13 Å². The molecule has 156 valence electrons. The molecule has 0 saturated carbocycles. The first kappa shape index (κ1) is 19.8. The molecule has 3 fully saturated rings. The van der Waals surface area contributed by atoms with E-state index in [1.165, 1.54) is 43.5 Å². The maximum atomic E-state index is 6.23. The summed E-state index contributed by atoms with van der Waals surface area (Å²) in [5, 5.41) is 1.16. The van der Waals surface area contributed by atoms with Gasteiger partial charge in [0.2, 0.25) is 0 Å². The molecule has 1 aromatic heterocycles. The zero-order valence-corrected chi connectivity index (χ0v) is 18.9. The summed E-state index contributed by atoms with van der Waals surface area (Å²) in [6.45, 7) is 13.2. The molecule has 3 aliphatic rings. The fourth-order valence-corrected chi connectivity index (χ4v) is 5.74. The maximum Gasteiger partial charge on any atom is 0.494 e. The van der Waals surface area contributed by atoms with Gasteiger partial charge in [0.25, 0.3) is 0 Å². The van der Waals surface area contributed by atoms with Crippen molar-refractivity contribution >= 4 is 39.3 Å². The lowest BCUT2D eigenvalue weighted by atomic mass is 9.79. The molecule has 2 aromatic rings. The molecule has 0 spiro atoms. The molecule has 3 aliphatic heterocycles.